The van der Waals surface area contributed by atoms with Gasteiger partial charge in [0.05, 0.1) is 5.69 Å². The highest BCUT2D eigenvalue weighted by Crippen LogP contribution is 2.58. The molecule has 174 valence electrons. The lowest BCUT2D eigenvalue weighted by molar-refractivity contribution is 0.550. The Balaban J connectivity index is 1.50. The van der Waals surface area contributed by atoms with Crippen molar-refractivity contribution < 1.29 is 4.42 Å². The van der Waals surface area contributed by atoms with Crippen molar-refractivity contribution in [3.63, 3.8) is 0 Å². The fourth-order valence-corrected chi connectivity index (χ4v) is 7.03. The Morgan fingerprint density at radius 3 is 2.40 bits per heavy atom. The van der Waals surface area contributed by atoms with E-state index < -0.39 is 0 Å². The van der Waals surface area contributed by atoms with Gasteiger partial charge in [-0.2, -0.15) is 0 Å². The van der Waals surface area contributed by atoms with E-state index in [9.17, 15) is 0 Å². The van der Waals surface area contributed by atoms with Crippen LogP contribution >= 0.6 is 0 Å². The Morgan fingerprint density at radius 1 is 0.829 bits per heavy atom. The van der Waals surface area contributed by atoms with E-state index in [4.69, 9.17) is 9.40 Å². The summed E-state index contributed by atoms with van der Waals surface area (Å²) in [5, 5.41) is 2.43. The minimum atomic E-state index is 0.169. The first kappa shape index (κ1) is 20.9. The number of furan rings is 1. The van der Waals surface area contributed by atoms with E-state index in [-0.39, 0.29) is 5.41 Å². The lowest BCUT2D eigenvalue weighted by atomic mass is 9.76. The Morgan fingerprint density at radius 2 is 1.63 bits per heavy atom. The maximum Gasteiger partial charge on any atom is 0.145 e. The van der Waals surface area contributed by atoms with Gasteiger partial charge in [0.25, 0.3) is 0 Å². The number of benzene rings is 3. The monoisotopic (exact) mass is 457 g/mol. The number of fused-ring (bicyclic) bond motifs is 8. The summed E-state index contributed by atoms with van der Waals surface area (Å²) < 4.78 is 6.69. The molecule has 2 heterocycles. The van der Waals surface area contributed by atoms with Crippen LogP contribution in [0.25, 0.3) is 44.3 Å². The number of pyridine rings is 1. The van der Waals surface area contributed by atoms with Crippen molar-refractivity contribution in [1.29, 1.82) is 0 Å². The second-order valence-corrected chi connectivity index (χ2v) is 11.0. The first-order valence-corrected chi connectivity index (χ1v) is 13.0. The predicted octanol–water partition coefficient (Wildman–Crippen LogP) is 9.23. The molecular weight excluding hydrogens is 426 g/mol. The smallest absolute Gasteiger partial charge is 0.145 e. The average Bonchev–Trinajstić information content (AvgIpc) is 3.54. The summed E-state index contributed by atoms with van der Waals surface area (Å²) in [4.78, 5) is 4.90. The first-order chi connectivity index (χ1) is 17.0. The molecule has 0 radical (unpaired) electrons. The van der Waals surface area contributed by atoms with Crippen LogP contribution in [0.1, 0.15) is 73.3 Å². The molecule has 1 spiro atoms. The minimum absolute atomic E-state index is 0.169. The molecule has 0 amide bonds. The zero-order valence-electron chi connectivity index (χ0n) is 21.0. The van der Waals surface area contributed by atoms with Crippen LogP contribution in [0.3, 0.4) is 0 Å². The van der Waals surface area contributed by atoms with Crippen LogP contribution in [-0.2, 0) is 5.41 Å². The van der Waals surface area contributed by atoms with Crippen LogP contribution in [0.2, 0.25) is 0 Å². The van der Waals surface area contributed by atoms with Gasteiger partial charge in [0.1, 0.15) is 11.2 Å². The predicted molar refractivity (Wildman–Crippen MR) is 145 cm³/mol. The summed E-state index contributed by atoms with van der Waals surface area (Å²) in [6, 6.07) is 20.5. The van der Waals surface area contributed by atoms with Crippen molar-refractivity contribution in [1.82, 2.24) is 4.98 Å². The molecule has 1 fully saturated rings. The topological polar surface area (TPSA) is 26.0 Å². The van der Waals surface area contributed by atoms with Gasteiger partial charge in [-0.25, -0.2) is 0 Å². The normalized spacial score (nSPS) is 16.0. The third-order valence-electron chi connectivity index (χ3n) is 8.72. The lowest BCUT2D eigenvalue weighted by Gasteiger charge is -2.26. The fraction of sp³-hybridized carbons (Fsp3) is 0.303. The van der Waals surface area contributed by atoms with Crippen molar-refractivity contribution in [2.75, 3.05) is 0 Å². The SMILES string of the molecule is Cc1cc(-c2c(C)ccc3c2oc2cc4c(cc23)C2(CCCC2)c2ccccc2-4)ncc1C(C)C. The van der Waals surface area contributed by atoms with E-state index >= 15 is 0 Å². The van der Waals surface area contributed by atoms with Crippen molar-refractivity contribution >= 4 is 21.9 Å². The van der Waals surface area contributed by atoms with Crippen LogP contribution in [0, 0.1) is 13.8 Å². The van der Waals surface area contributed by atoms with Gasteiger partial charge in [0.15, 0.2) is 0 Å². The maximum absolute atomic E-state index is 6.69. The second-order valence-electron chi connectivity index (χ2n) is 11.0. The van der Waals surface area contributed by atoms with E-state index in [2.05, 4.69) is 82.3 Å². The molecular formula is C33H31NO. The third-order valence-corrected chi connectivity index (χ3v) is 8.72. The molecule has 0 aliphatic heterocycles. The number of aryl methyl sites for hydroxylation is 2. The molecule has 2 nitrogen and oxygen atoms in total. The van der Waals surface area contributed by atoms with Gasteiger partial charge in [0, 0.05) is 27.9 Å². The molecule has 0 unspecified atom stereocenters. The van der Waals surface area contributed by atoms with Gasteiger partial charge in [-0.1, -0.05) is 63.1 Å². The highest BCUT2D eigenvalue weighted by molar-refractivity contribution is 6.11. The van der Waals surface area contributed by atoms with Gasteiger partial charge < -0.3 is 4.42 Å². The summed E-state index contributed by atoms with van der Waals surface area (Å²) >= 11 is 0. The van der Waals surface area contributed by atoms with Gasteiger partial charge in [0.2, 0.25) is 0 Å². The van der Waals surface area contributed by atoms with Crippen LogP contribution in [0.15, 0.2) is 65.2 Å². The van der Waals surface area contributed by atoms with E-state index in [1.807, 2.05) is 6.20 Å². The van der Waals surface area contributed by atoms with Crippen LogP contribution < -0.4 is 0 Å². The molecule has 35 heavy (non-hydrogen) atoms. The first-order valence-electron chi connectivity index (χ1n) is 13.0. The van der Waals surface area contributed by atoms with Crippen molar-refractivity contribution in [3.8, 4) is 22.4 Å². The molecule has 1 saturated carbocycles. The highest BCUT2D eigenvalue weighted by atomic mass is 16.3. The van der Waals surface area contributed by atoms with Crippen LogP contribution in [0.4, 0.5) is 0 Å². The number of nitrogens with zero attached hydrogens (tertiary/aromatic N) is 1. The summed E-state index contributed by atoms with van der Waals surface area (Å²) in [6.45, 7) is 8.81. The summed E-state index contributed by atoms with van der Waals surface area (Å²) in [5.41, 5.74) is 13.8. The van der Waals surface area contributed by atoms with Crippen molar-refractivity contribution in [2.24, 2.45) is 0 Å². The van der Waals surface area contributed by atoms with Crippen LogP contribution in [-0.4, -0.2) is 4.98 Å². The molecule has 0 saturated heterocycles. The Hall–Kier alpha value is -3.39. The Labute approximate surface area is 207 Å². The van der Waals surface area contributed by atoms with Crippen molar-refractivity contribution in [2.45, 2.75) is 64.7 Å². The molecule has 2 heteroatoms. The molecule has 2 aliphatic carbocycles. The molecule has 2 aromatic heterocycles. The number of rotatable bonds is 2. The number of hydrogen-bond acceptors (Lipinski definition) is 2. The van der Waals surface area contributed by atoms with Gasteiger partial charge in [-0.3, -0.25) is 4.98 Å². The van der Waals surface area contributed by atoms with Gasteiger partial charge >= 0.3 is 0 Å². The molecule has 0 atom stereocenters. The molecule has 3 aromatic carbocycles. The molecule has 7 rings (SSSR count). The molecule has 2 aliphatic rings. The standard InChI is InChI=1S/C33H31NO/c1-19(2)26-18-34-29(15-21(26)4)31-20(3)11-12-23-25-16-28-24(17-30(25)35-32(23)31)22-9-5-6-10-27(22)33(28)13-7-8-14-33/h5-6,9-12,15-19H,7-8,13-14H2,1-4H3. The summed E-state index contributed by atoms with van der Waals surface area (Å²) in [7, 11) is 0. The Kier molecular flexibility index (Phi) is 4.37. The zero-order chi connectivity index (χ0) is 23.9. The van der Waals surface area contributed by atoms with E-state index in [1.165, 1.54) is 75.4 Å². The van der Waals surface area contributed by atoms with Crippen molar-refractivity contribution in [3.05, 3.63) is 88.6 Å². The van der Waals surface area contributed by atoms with E-state index in [0.29, 0.717) is 5.92 Å². The third kappa shape index (κ3) is 2.80. The fourth-order valence-electron chi connectivity index (χ4n) is 7.03. The summed E-state index contributed by atoms with van der Waals surface area (Å²) in [6.07, 6.45) is 7.14. The van der Waals surface area contributed by atoms with E-state index in [0.717, 1.165) is 22.4 Å². The van der Waals surface area contributed by atoms with E-state index in [1.54, 1.807) is 0 Å². The molecule has 0 bridgehead atoms. The average molecular weight is 458 g/mol. The number of aromatic nitrogens is 1. The number of hydrogen-bond donors (Lipinski definition) is 0. The van der Waals surface area contributed by atoms with Crippen LogP contribution in [0.5, 0.6) is 0 Å². The maximum atomic E-state index is 6.69. The summed E-state index contributed by atoms with van der Waals surface area (Å²) in [5.74, 6) is 0.466. The minimum Gasteiger partial charge on any atom is -0.455 e. The highest BCUT2D eigenvalue weighted by Gasteiger charge is 2.45. The molecule has 0 N–H and O–H groups in total. The molecule has 5 aromatic rings. The quantitative estimate of drug-likeness (QED) is 0.264. The lowest BCUT2D eigenvalue weighted by Crippen LogP contribution is -2.20. The van der Waals surface area contributed by atoms with Gasteiger partial charge in [-0.05, 0) is 89.8 Å². The van der Waals surface area contributed by atoms with Gasteiger partial charge in [-0.15, -0.1) is 0 Å². The largest absolute Gasteiger partial charge is 0.455 e. The second kappa shape index (κ2) is 7.31. The zero-order valence-corrected chi connectivity index (χ0v) is 21.0. The Bertz CT molecular complexity index is 1650.